The summed E-state index contributed by atoms with van der Waals surface area (Å²) in [5.74, 6) is 0.319. The van der Waals surface area contributed by atoms with E-state index in [1.54, 1.807) is 11.0 Å². The Balaban J connectivity index is 1.53. The number of benzene rings is 2. The number of anilines is 1. The maximum atomic E-state index is 12.8. The number of nitrogens with zero attached hydrogens (tertiary/aromatic N) is 3. The lowest BCUT2D eigenvalue weighted by atomic mass is 10.1. The maximum absolute atomic E-state index is 12.8. The Hall–Kier alpha value is -3.48. The minimum atomic E-state index is -0.358. The van der Waals surface area contributed by atoms with E-state index in [0.717, 1.165) is 17.5 Å². The Bertz CT molecular complexity index is 1060. The Kier molecular flexibility index (Phi) is 5.61. The van der Waals surface area contributed by atoms with Crippen molar-refractivity contribution in [2.24, 2.45) is 5.92 Å². The van der Waals surface area contributed by atoms with Gasteiger partial charge in [-0.2, -0.15) is 4.98 Å². The summed E-state index contributed by atoms with van der Waals surface area (Å²) < 4.78 is 5.47. The second kappa shape index (κ2) is 8.49. The number of carbonyl (C=O) groups is 2. The first-order valence-corrected chi connectivity index (χ1v) is 10.1. The van der Waals surface area contributed by atoms with Crippen LogP contribution in [0.25, 0.3) is 22.8 Å². The standard InChI is InChI=1S/C23H24N4O3/c1-3-12-27-14-17(13-20(27)28)22(29)24-19-7-5-4-6-18(19)23-25-21(26-30-23)16-10-8-15(2)9-11-16/h4-11,17H,3,12-14H2,1-2H3,(H,24,29). The van der Waals surface area contributed by atoms with Crippen LogP contribution in [0.5, 0.6) is 0 Å². The van der Waals surface area contributed by atoms with Crippen molar-refractivity contribution in [3.8, 4) is 22.8 Å². The maximum Gasteiger partial charge on any atom is 0.260 e. The van der Waals surface area contributed by atoms with Crippen molar-refractivity contribution in [3.05, 3.63) is 54.1 Å². The minimum absolute atomic E-state index is 0.0323. The Morgan fingerprint density at radius 3 is 2.73 bits per heavy atom. The lowest BCUT2D eigenvalue weighted by Crippen LogP contribution is -2.28. The Morgan fingerprint density at radius 1 is 1.20 bits per heavy atom. The van der Waals surface area contributed by atoms with Gasteiger partial charge in [-0.15, -0.1) is 0 Å². The average Bonchev–Trinajstić information content (AvgIpc) is 3.37. The smallest absolute Gasteiger partial charge is 0.260 e. The van der Waals surface area contributed by atoms with Crippen LogP contribution in [0.3, 0.4) is 0 Å². The minimum Gasteiger partial charge on any atom is -0.342 e. The van der Waals surface area contributed by atoms with Crippen LogP contribution in [0.1, 0.15) is 25.3 Å². The van der Waals surface area contributed by atoms with Crippen LogP contribution in [0.4, 0.5) is 5.69 Å². The predicted molar refractivity (Wildman–Crippen MR) is 114 cm³/mol. The zero-order valence-corrected chi connectivity index (χ0v) is 17.1. The SMILES string of the molecule is CCCN1CC(C(=O)Nc2ccccc2-c2nc(-c3ccc(C)cc3)no2)CC1=O. The van der Waals surface area contributed by atoms with Gasteiger partial charge in [-0.05, 0) is 25.5 Å². The van der Waals surface area contributed by atoms with Gasteiger partial charge >= 0.3 is 0 Å². The molecule has 7 heteroatoms. The third-order valence-electron chi connectivity index (χ3n) is 5.23. The molecule has 1 saturated heterocycles. The predicted octanol–water partition coefficient (Wildman–Crippen LogP) is 3.91. The molecule has 4 rings (SSSR count). The summed E-state index contributed by atoms with van der Waals surface area (Å²) in [6.45, 7) is 5.18. The van der Waals surface area contributed by atoms with Gasteiger partial charge in [0.05, 0.1) is 17.2 Å². The van der Waals surface area contributed by atoms with E-state index in [4.69, 9.17) is 4.52 Å². The molecule has 1 atom stereocenters. The van der Waals surface area contributed by atoms with E-state index in [9.17, 15) is 9.59 Å². The van der Waals surface area contributed by atoms with Crippen LogP contribution in [0.2, 0.25) is 0 Å². The largest absolute Gasteiger partial charge is 0.342 e. The van der Waals surface area contributed by atoms with Crippen LogP contribution in [0.15, 0.2) is 53.1 Å². The van der Waals surface area contributed by atoms with Crippen molar-refractivity contribution in [3.63, 3.8) is 0 Å². The quantitative estimate of drug-likeness (QED) is 0.673. The van der Waals surface area contributed by atoms with Gasteiger partial charge in [-0.25, -0.2) is 0 Å². The molecule has 7 nitrogen and oxygen atoms in total. The molecule has 2 heterocycles. The number of rotatable bonds is 6. The van der Waals surface area contributed by atoms with Crippen molar-refractivity contribution in [2.45, 2.75) is 26.7 Å². The van der Waals surface area contributed by atoms with Crippen molar-refractivity contribution < 1.29 is 14.1 Å². The van der Waals surface area contributed by atoms with Crippen LogP contribution in [-0.2, 0) is 9.59 Å². The molecule has 1 aliphatic heterocycles. The average molecular weight is 404 g/mol. The molecule has 2 aromatic carbocycles. The fraction of sp³-hybridized carbons (Fsp3) is 0.304. The number of para-hydroxylation sites is 1. The molecule has 0 aliphatic carbocycles. The van der Waals surface area contributed by atoms with Crippen LogP contribution < -0.4 is 5.32 Å². The fourth-order valence-electron chi connectivity index (χ4n) is 3.60. The normalized spacial score (nSPS) is 16.1. The molecular weight excluding hydrogens is 380 g/mol. The number of aromatic nitrogens is 2. The van der Waals surface area contributed by atoms with Crippen LogP contribution in [0, 0.1) is 12.8 Å². The molecule has 154 valence electrons. The number of aryl methyl sites for hydroxylation is 1. The van der Waals surface area contributed by atoms with E-state index in [0.29, 0.717) is 36.1 Å². The second-order valence-electron chi connectivity index (χ2n) is 7.56. The monoisotopic (exact) mass is 404 g/mol. The lowest BCUT2D eigenvalue weighted by Gasteiger charge is -2.15. The van der Waals surface area contributed by atoms with Gasteiger partial charge in [0.2, 0.25) is 17.6 Å². The summed E-state index contributed by atoms with van der Waals surface area (Å²) in [4.78, 5) is 31.1. The van der Waals surface area contributed by atoms with Gasteiger partial charge < -0.3 is 14.7 Å². The van der Waals surface area contributed by atoms with Gasteiger partial charge in [0.1, 0.15) is 0 Å². The summed E-state index contributed by atoms with van der Waals surface area (Å²) in [5, 5.41) is 7.03. The summed E-state index contributed by atoms with van der Waals surface area (Å²) in [7, 11) is 0. The van der Waals surface area contributed by atoms with E-state index in [1.165, 1.54) is 0 Å². The van der Waals surface area contributed by atoms with Crippen LogP contribution in [-0.4, -0.2) is 39.9 Å². The molecule has 1 aliphatic rings. The fourth-order valence-corrected chi connectivity index (χ4v) is 3.60. The van der Waals surface area contributed by atoms with E-state index >= 15 is 0 Å². The Labute approximate surface area is 175 Å². The van der Waals surface area contributed by atoms with E-state index < -0.39 is 0 Å². The van der Waals surface area contributed by atoms with Gasteiger partial charge in [0.25, 0.3) is 5.89 Å². The van der Waals surface area contributed by atoms with E-state index in [2.05, 4.69) is 15.5 Å². The number of hydrogen-bond acceptors (Lipinski definition) is 5. The number of carbonyl (C=O) groups excluding carboxylic acids is 2. The third kappa shape index (κ3) is 4.10. The van der Waals surface area contributed by atoms with Crippen LogP contribution >= 0.6 is 0 Å². The van der Waals surface area contributed by atoms with Gasteiger partial charge in [0.15, 0.2) is 0 Å². The molecular formula is C23H24N4O3. The molecule has 0 bridgehead atoms. The molecule has 2 amide bonds. The number of amides is 2. The summed E-state index contributed by atoms with van der Waals surface area (Å²) in [5.41, 5.74) is 3.24. The topological polar surface area (TPSA) is 88.3 Å². The van der Waals surface area contributed by atoms with Crippen molar-refractivity contribution in [2.75, 3.05) is 18.4 Å². The summed E-state index contributed by atoms with van der Waals surface area (Å²) in [6.07, 6.45) is 1.12. The van der Waals surface area contributed by atoms with E-state index in [1.807, 2.05) is 56.3 Å². The summed E-state index contributed by atoms with van der Waals surface area (Å²) in [6, 6.07) is 15.2. The molecule has 1 aromatic heterocycles. The lowest BCUT2D eigenvalue weighted by molar-refractivity contribution is -0.128. The second-order valence-corrected chi connectivity index (χ2v) is 7.56. The van der Waals surface area contributed by atoms with E-state index in [-0.39, 0.29) is 24.2 Å². The zero-order valence-electron chi connectivity index (χ0n) is 17.1. The highest BCUT2D eigenvalue weighted by molar-refractivity contribution is 5.99. The first kappa shape index (κ1) is 19.8. The first-order valence-electron chi connectivity index (χ1n) is 10.1. The number of hydrogen-bond donors (Lipinski definition) is 1. The molecule has 3 aromatic rings. The molecule has 0 radical (unpaired) electrons. The van der Waals surface area contributed by atoms with Crippen molar-refractivity contribution >= 4 is 17.5 Å². The highest BCUT2D eigenvalue weighted by atomic mass is 16.5. The van der Waals surface area contributed by atoms with Crippen molar-refractivity contribution in [1.29, 1.82) is 0 Å². The Morgan fingerprint density at radius 2 is 1.97 bits per heavy atom. The molecule has 0 spiro atoms. The van der Waals surface area contributed by atoms with Gasteiger partial charge in [0, 0.05) is 25.1 Å². The first-order chi connectivity index (χ1) is 14.5. The van der Waals surface area contributed by atoms with Gasteiger partial charge in [-0.3, -0.25) is 9.59 Å². The number of nitrogens with one attached hydrogen (secondary N) is 1. The molecule has 30 heavy (non-hydrogen) atoms. The highest BCUT2D eigenvalue weighted by Crippen LogP contribution is 2.29. The molecule has 0 saturated carbocycles. The molecule has 1 unspecified atom stereocenters. The zero-order chi connectivity index (χ0) is 21.1. The van der Waals surface area contributed by atoms with Crippen molar-refractivity contribution in [1.82, 2.24) is 15.0 Å². The number of likely N-dealkylation sites (tertiary alicyclic amines) is 1. The third-order valence-corrected chi connectivity index (χ3v) is 5.23. The highest BCUT2D eigenvalue weighted by Gasteiger charge is 2.34. The molecule has 1 fully saturated rings. The van der Waals surface area contributed by atoms with Gasteiger partial charge in [-0.1, -0.05) is 54.0 Å². The summed E-state index contributed by atoms with van der Waals surface area (Å²) >= 11 is 0. The molecule has 1 N–H and O–H groups in total.